The first-order chi connectivity index (χ1) is 14.7. The van der Waals surface area contributed by atoms with E-state index in [1.807, 2.05) is 48.5 Å². The van der Waals surface area contributed by atoms with Gasteiger partial charge in [0.1, 0.15) is 11.0 Å². The van der Waals surface area contributed by atoms with Gasteiger partial charge in [0.15, 0.2) is 11.2 Å². The van der Waals surface area contributed by atoms with Crippen LogP contribution in [0.1, 0.15) is 11.1 Å². The third-order valence-corrected chi connectivity index (χ3v) is 5.51. The molecule has 6 rings (SSSR count). The quantitative estimate of drug-likeness (QED) is 0.317. The van der Waals surface area contributed by atoms with Crippen molar-refractivity contribution in [3.05, 3.63) is 83.9 Å². The van der Waals surface area contributed by atoms with E-state index in [2.05, 4.69) is 38.1 Å². The molecule has 0 saturated carbocycles. The lowest BCUT2D eigenvalue weighted by molar-refractivity contribution is 0.619. The lowest BCUT2D eigenvalue weighted by Crippen LogP contribution is -1.80. The Hall–Kier alpha value is -3.92. The van der Waals surface area contributed by atoms with Gasteiger partial charge in [-0.2, -0.15) is 0 Å². The molecule has 0 atom stereocenters. The van der Waals surface area contributed by atoms with Gasteiger partial charge in [-0.05, 0) is 62.4 Å². The Kier molecular flexibility index (Phi) is 3.56. The monoisotopic (exact) mass is 390 g/mol. The van der Waals surface area contributed by atoms with Gasteiger partial charge < -0.3 is 8.83 Å². The fourth-order valence-corrected chi connectivity index (χ4v) is 3.83. The summed E-state index contributed by atoms with van der Waals surface area (Å²) in [5, 5.41) is 2.01. The Morgan fingerprint density at radius 1 is 0.500 bits per heavy atom. The molecule has 2 aromatic heterocycles. The van der Waals surface area contributed by atoms with Crippen LogP contribution >= 0.6 is 0 Å². The molecule has 4 heteroatoms. The number of nitrogens with zero attached hydrogens (tertiary/aromatic N) is 2. The van der Waals surface area contributed by atoms with Crippen LogP contribution in [0, 0.1) is 13.8 Å². The maximum atomic E-state index is 6.04. The van der Waals surface area contributed by atoms with Gasteiger partial charge in [-0.1, -0.05) is 35.4 Å². The van der Waals surface area contributed by atoms with Crippen molar-refractivity contribution in [2.24, 2.45) is 0 Å². The minimum atomic E-state index is 0.623. The zero-order valence-electron chi connectivity index (χ0n) is 16.6. The van der Waals surface area contributed by atoms with Crippen molar-refractivity contribution in [2.75, 3.05) is 0 Å². The van der Waals surface area contributed by atoms with Crippen LogP contribution in [0.25, 0.3) is 55.9 Å². The van der Waals surface area contributed by atoms with Crippen molar-refractivity contribution in [3.63, 3.8) is 0 Å². The van der Waals surface area contributed by atoms with E-state index in [1.165, 1.54) is 11.1 Å². The Bertz CT molecular complexity index is 1420. The Morgan fingerprint density at radius 3 is 1.30 bits per heavy atom. The van der Waals surface area contributed by atoms with Crippen LogP contribution in [0.5, 0.6) is 0 Å². The molecule has 144 valence electrons. The fraction of sp³-hybridized carbons (Fsp3) is 0.0769. The topological polar surface area (TPSA) is 52.1 Å². The number of aromatic nitrogens is 2. The molecule has 2 heterocycles. The molecule has 4 nitrogen and oxygen atoms in total. The summed E-state index contributed by atoms with van der Waals surface area (Å²) in [5.74, 6) is 1.25. The van der Waals surface area contributed by atoms with E-state index in [1.54, 1.807) is 0 Å². The van der Waals surface area contributed by atoms with E-state index in [0.29, 0.717) is 11.8 Å². The first kappa shape index (κ1) is 17.0. The standard InChI is InChI=1S/C26H18N2O2/c1-15-3-7-17(8-4-15)25-27-23-19-12-14-22-24(20(19)11-13-21(23)29-25)28-26(30-22)18-9-5-16(2)6-10-18/h3-14H,1-2H3. The summed E-state index contributed by atoms with van der Waals surface area (Å²) in [5.41, 5.74) is 7.55. The second kappa shape index (κ2) is 6.29. The van der Waals surface area contributed by atoms with Gasteiger partial charge in [0, 0.05) is 21.9 Å². The molecule has 0 unspecified atom stereocenters. The largest absolute Gasteiger partial charge is 0.436 e. The van der Waals surface area contributed by atoms with Crippen LogP contribution < -0.4 is 0 Å². The number of fused-ring (bicyclic) bond motifs is 5. The van der Waals surface area contributed by atoms with Crippen molar-refractivity contribution in [3.8, 4) is 22.9 Å². The second-order valence-corrected chi connectivity index (χ2v) is 7.69. The molecule has 0 N–H and O–H groups in total. The van der Waals surface area contributed by atoms with Crippen molar-refractivity contribution in [2.45, 2.75) is 13.8 Å². The number of rotatable bonds is 2. The van der Waals surface area contributed by atoms with Crippen molar-refractivity contribution < 1.29 is 8.83 Å². The average Bonchev–Trinajstić information content (AvgIpc) is 3.39. The summed E-state index contributed by atoms with van der Waals surface area (Å²) in [6.45, 7) is 4.13. The highest BCUT2D eigenvalue weighted by atomic mass is 16.4. The predicted octanol–water partition coefficient (Wildman–Crippen LogP) is 7.07. The zero-order chi connectivity index (χ0) is 20.2. The first-order valence-electron chi connectivity index (χ1n) is 9.93. The molecule has 0 radical (unpaired) electrons. The van der Waals surface area contributed by atoms with Crippen LogP contribution in [0.4, 0.5) is 0 Å². The summed E-state index contributed by atoms with van der Waals surface area (Å²) >= 11 is 0. The molecular weight excluding hydrogens is 372 g/mol. The molecule has 6 aromatic rings. The summed E-state index contributed by atoms with van der Waals surface area (Å²) in [6, 6.07) is 24.4. The number of hydrogen-bond donors (Lipinski definition) is 0. The van der Waals surface area contributed by atoms with Gasteiger partial charge in [-0.3, -0.25) is 0 Å². The third-order valence-electron chi connectivity index (χ3n) is 5.51. The number of hydrogen-bond acceptors (Lipinski definition) is 4. The van der Waals surface area contributed by atoms with Crippen LogP contribution in [0.15, 0.2) is 81.6 Å². The van der Waals surface area contributed by atoms with Crippen molar-refractivity contribution >= 4 is 33.0 Å². The zero-order valence-corrected chi connectivity index (χ0v) is 16.6. The average molecular weight is 390 g/mol. The van der Waals surface area contributed by atoms with E-state index in [0.717, 1.165) is 44.1 Å². The molecule has 0 aliphatic carbocycles. The summed E-state index contributed by atoms with van der Waals surface area (Å²) < 4.78 is 12.1. The highest BCUT2D eigenvalue weighted by Gasteiger charge is 2.16. The van der Waals surface area contributed by atoms with E-state index in [-0.39, 0.29) is 0 Å². The summed E-state index contributed by atoms with van der Waals surface area (Å²) in [4.78, 5) is 9.59. The number of oxazole rings is 2. The molecular formula is C26H18N2O2. The van der Waals surface area contributed by atoms with Crippen molar-refractivity contribution in [1.82, 2.24) is 9.97 Å². The van der Waals surface area contributed by atoms with Crippen LogP contribution in [-0.2, 0) is 0 Å². The molecule has 4 aromatic carbocycles. The minimum Gasteiger partial charge on any atom is -0.436 e. The van der Waals surface area contributed by atoms with Crippen LogP contribution in [0.2, 0.25) is 0 Å². The highest BCUT2D eigenvalue weighted by Crippen LogP contribution is 2.35. The van der Waals surface area contributed by atoms with Gasteiger partial charge in [0.05, 0.1) is 0 Å². The fourth-order valence-electron chi connectivity index (χ4n) is 3.83. The van der Waals surface area contributed by atoms with Gasteiger partial charge >= 0.3 is 0 Å². The highest BCUT2D eigenvalue weighted by molar-refractivity contribution is 6.13. The van der Waals surface area contributed by atoms with Crippen LogP contribution in [-0.4, -0.2) is 9.97 Å². The van der Waals surface area contributed by atoms with E-state index >= 15 is 0 Å². The molecule has 0 fully saturated rings. The Labute approximate surface area is 172 Å². The normalized spacial score (nSPS) is 11.7. The van der Waals surface area contributed by atoms with Gasteiger partial charge in [0.2, 0.25) is 11.8 Å². The maximum absolute atomic E-state index is 6.04. The molecule has 30 heavy (non-hydrogen) atoms. The van der Waals surface area contributed by atoms with Gasteiger partial charge in [-0.25, -0.2) is 9.97 Å². The Balaban J connectivity index is 1.54. The summed E-state index contributed by atoms with van der Waals surface area (Å²) in [6.07, 6.45) is 0. The Morgan fingerprint density at radius 2 is 0.900 bits per heavy atom. The van der Waals surface area contributed by atoms with Gasteiger partial charge in [0.25, 0.3) is 0 Å². The van der Waals surface area contributed by atoms with E-state index in [9.17, 15) is 0 Å². The van der Waals surface area contributed by atoms with E-state index in [4.69, 9.17) is 18.8 Å². The molecule has 0 bridgehead atoms. The predicted molar refractivity (Wildman–Crippen MR) is 119 cm³/mol. The molecule has 0 spiro atoms. The molecule has 0 aliphatic heterocycles. The van der Waals surface area contributed by atoms with Gasteiger partial charge in [-0.15, -0.1) is 0 Å². The number of benzene rings is 4. The van der Waals surface area contributed by atoms with E-state index < -0.39 is 0 Å². The lowest BCUT2D eigenvalue weighted by atomic mass is 10.1. The van der Waals surface area contributed by atoms with Crippen LogP contribution in [0.3, 0.4) is 0 Å². The van der Waals surface area contributed by atoms with Crippen molar-refractivity contribution in [1.29, 1.82) is 0 Å². The SMILES string of the molecule is Cc1ccc(-c2nc3c(ccc4c3ccc3oc(-c5ccc(C)cc5)nc34)o2)cc1. The first-order valence-corrected chi connectivity index (χ1v) is 9.93. The molecule has 0 saturated heterocycles. The number of aryl methyl sites for hydroxylation is 2. The maximum Gasteiger partial charge on any atom is 0.227 e. The lowest BCUT2D eigenvalue weighted by Gasteiger charge is -1.97. The molecule has 0 amide bonds. The molecule has 0 aliphatic rings. The smallest absolute Gasteiger partial charge is 0.227 e. The third kappa shape index (κ3) is 2.61. The minimum absolute atomic E-state index is 0.623. The second-order valence-electron chi connectivity index (χ2n) is 7.69. The summed E-state index contributed by atoms with van der Waals surface area (Å²) in [7, 11) is 0.